The minimum Gasteiger partial charge on any atom is -0.346 e. The number of nitrogens with zero attached hydrogens (tertiary/aromatic N) is 6. The van der Waals surface area contributed by atoms with Crippen molar-refractivity contribution in [3.63, 3.8) is 0 Å². The van der Waals surface area contributed by atoms with E-state index in [4.69, 9.17) is 4.98 Å². The average Bonchev–Trinajstić information content (AvgIpc) is 3.66. The predicted octanol–water partition coefficient (Wildman–Crippen LogP) is 5.90. The van der Waals surface area contributed by atoms with Crippen LogP contribution in [0.15, 0.2) is 48.7 Å². The number of aromatic nitrogens is 6. The largest absolute Gasteiger partial charge is 0.346 e. The van der Waals surface area contributed by atoms with Crippen LogP contribution in [0.2, 0.25) is 0 Å². The fourth-order valence-corrected chi connectivity index (χ4v) is 7.04. The van der Waals surface area contributed by atoms with Crippen molar-refractivity contribution in [2.24, 2.45) is 11.3 Å². The van der Waals surface area contributed by atoms with E-state index in [9.17, 15) is 30.8 Å². The third kappa shape index (κ3) is 7.34. The minimum atomic E-state index is -3.77. The molecule has 2 N–H and O–H groups in total. The van der Waals surface area contributed by atoms with Crippen molar-refractivity contribution in [1.29, 1.82) is 0 Å². The first-order valence-corrected chi connectivity index (χ1v) is 18.6. The lowest BCUT2D eigenvalue weighted by molar-refractivity contribution is -0.123. The Balaban J connectivity index is 1.36. The summed E-state index contributed by atoms with van der Waals surface area (Å²) >= 11 is 0. The summed E-state index contributed by atoms with van der Waals surface area (Å²) in [5.41, 5.74) is -1.43. The maximum atomic E-state index is 15.5. The molecule has 55 heavy (non-hydrogen) atoms. The summed E-state index contributed by atoms with van der Waals surface area (Å²) in [5.74, 6) is 1.60. The molecule has 0 saturated carbocycles. The van der Waals surface area contributed by atoms with Crippen molar-refractivity contribution in [2.75, 3.05) is 11.0 Å². The Kier molecular flexibility index (Phi) is 9.16. The Morgan fingerprint density at radius 2 is 1.76 bits per heavy atom. The molecular weight excluding hydrogens is 751 g/mol. The number of halogens is 6. The number of carbonyl (C=O) groups is 1. The summed E-state index contributed by atoms with van der Waals surface area (Å²) in [4.78, 5) is 18.7. The number of benzene rings is 1. The molecule has 0 spiro atoms. The van der Waals surface area contributed by atoms with Crippen LogP contribution in [0.4, 0.5) is 32.3 Å². The number of hydrogen-bond acceptors (Lipinski definition) is 7. The van der Waals surface area contributed by atoms with Crippen molar-refractivity contribution in [3.05, 3.63) is 94.2 Å². The standard InChI is InChI=1S/C37H30F6N8O3S/c1-36(2,3)12-11-22-7-8-23(24-6-5-13-50-34(24)46-47-35(50)49-55(4,53)54)30(44-22)27(16-19-14-20(38)17-21(39)15-19)45-28(52)18-51-32-29(31(48-51)33(40)41)25-9-10-26(25)37(32,42)43/h5-8,13-15,17,25-27,33H,16,18H2,1-4H3,(H,45,52)(H,47,49)/t25-,26+,27-/m0/s1. The van der Waals surface area contributed by atoms with E-state index in [1.54, 1.807) is 24.3 Å². The third-order valence-corrected chi connectivity index (χ3v) is 9.34. The maximum absolute atomic E-state index is 15.5. The lowest BCUT2D eigenvalue weighted by atomic mass is 9.84. The van der Waals surface area contributed by atoms with Crippen molar-refractivity contribution < 1.29 is 39.6 Å². The van der Waals surface area contributed by atoms with Crippen molar-refractivity contribution in [3.8, 4) is 34.8 Å². The van der Waals surface area contributed by atoms with Gasteiger partial charge >= 0.3 is 5.92 Å². The first-order valence-electron chi connectivity index (χ1n) is 16.7. The first-order chi connectivity index (χ1) is 25.8. The van der Waals surface area contributed by atoms with Gasteiger partial charge in [0.25, 0.3) is 6.43 Å². The van der Waals surface area contributed by atoms with Gasteiger partial charge in [-0.05, 0) is 75.1 Å². The van der Waals surface area contributed by atoms with Gasteiger partial charge in [0, 0.05) is 34.4 Å². The van der Waals surface area contributed by atoms with Gasteiger partial charge in [0.1, 0.15) is 41.2 Å². The van der Waals surface area contributed by atoms with Crippen molar-refractivity contribution in [2.45, 2.75) is 58.0 Å². The highest BCUT2D eigenvalue weighted by atomic mass is 32.2. The number of carbonyl (C=O) groups excluding carboxylic acids is 1. The molecule has 0 radical (unpaired) electrons. The Labute approximate surface area is 310 Å². The second-order valence-electron chi connectivity index (χ2n) is 14.2. The van der Waals surface area contributed by atoms with Gasteiger partial charge in [0.2, 0.25) is 21.9 Å². The van der Waals surface area contributed by atoms with E-state index >= 15 is 8.78 Å². The quantitative estimate of drug-likeness (QED) is 0.133. The number of anilines is 1. The molecule has 0 saturated heterocycles. The van der Waals surface area contributed by atoms with E-state index in [-0.39, 0.29) is 35.0 Å². The molecule has 0 bridgehead atoms. The normalized spacial score (nSPS) is 17.4. The monoisotopic (exact) mass is 780 g/mol. The van der Waals surface area contributed by atoms with Crippen LogP contribution in [0.25, 0.3) is 16.8 Å². The molecule has 284 valence electrons. The fraction of sp³-hybridized carbons (Fsp3) is 0.324. The van der Waals surface area contributed by atoms with E-state index in [1.165, 1.54) is 10.6 Å². The van der Waals surface area contributed by atoms with Crippen molar-refractivity contribution >= 4 is 27.5 Å². The number of amides is 1. The van der Waals surface area contributed by atoms with Gasteiger partial charge in [0.15, 0.2) is 5.65 Å². The highest BCUT2D eigenvalue weighted by Crippen LogP contribution is 2.57. The predicted molar refractivity (Wildman–Crippen MR) is 187 cm³/mol. The van der Waals surface area contributed by atoms with Crippen LogP contribution in [-0.4, -0.2) is 49.9 Å². The molecular formula is C37H30F6N8O3S. The summed E-state index contributed by atoms with van der Waals surface area (Å²) in [6.45, 7) is 4.68. The highest BCUT2D eigenvalue weighted by Gasteiger charge is 2.60. The molecule has 0 unspecified atom stereocenters. The zero-order valence-electron chi connectivity index (χ0n) is 29.4. The number of alkyl halides is 4. The fourth-order valence-electron chi connectivity index (χ4n) is 6.57. The molecule has 4 aromatic heterocycles. The van der Waals surface area contributed by atoms with Crippen LogP contribution >= 0.6 is 0 Å². The van der Waals surface area contributed by atoms with Gasteiger partial charge in [-0.3, -0.25) is 18.6 Å². The second kappa shape index (κ2) is 13.5. The summed E-state index contributed by atoms with van der Waals surface area (Å²) in [5, 5.41) is 14.6. The van der Waals surface area contributed by atoms with Crippen LogP contribution in [0.1, 0.15) is 73.1 Å². The van der Waals surface area contributed by atoms with E-state index in [0.717, 1.165) is 18.4 Å². The van der Waals surface area contributed by atoms with Crippen molar-refractivity contribution in [1.82, 2.24) is 34.7 Å². The number of rotatable bonds is 10. The van der Waals surface area contributed by atoms with Crippen LogP contribution in [0.3, 0.4) is 0 Å². The second-order valence-corrected chi connectivity index (χ2v) is 16.0. The number of nitrogens with one attached hydrogen (secondary N) is 2. The van der Waals surface area contributed by atoms with Crippen LogP contribution in [0, 0.1) is 46.6 Å². The minimum absolute atomic E-state index is 0.0716. The number of fused-ring (bicyclic) bond motifs is 4. The molecule has 18 heteroatoms. The highest BCUT2D eigenvalue weighted by molar-refractivity contribution is 7.92. The van der Waals surface area contributed by atoms with Crippen LogP contribution < -0.4 is 10.0 Å². The summed E-state index contributed by atoms with van der Waals surface area (Å²) in [6.07, 6.45) is -1.09. The lowest BCUT2D eigenvalue weighted by Gasteiger charge is -2.24. The third-order valence-electron chi connectivity index (χ3n) is 8.78. The number of pyridine rings is 2. The van der Waals surface area contributed by atoms with E-state index in [1.807, 2.05) is 20.8 Å². The molecule has 1 aromatic carbocycles. The number of sulfonamides is 1. The van der Waals surface area contributed by atoms with Gasteiger partial charge in [-0.25, -0.2) is 31.0 Å². The van der Waals surface area contributed by atoms with E-state index < -0.39 is 86.7 Å². The molecule has 2 aliphatic rings. The Hall–Kier alpha value is -5.88. The summed E-state index contributed by atoms with van der Waals surface area (Å²) in [7, 11) is -3.77. The first kappa shape index (κ1) is 37.4. The smallest absolute Gasteiger partial charge is 0.304 e. The van der Waals surface area contributed by atoms with Crippen LogP contribution in [0.5, 0.6) is 0 Å². The molecule has 11 nitrogen and oxygen atoms in total. The molecule has 5 aromatic rings. The van der Waals surface area contributed by atoms with Gasteiger partial charge in [-0.15, -0.1) is 10.2 Å². The molecule has 0 fully saturated rings. The van der Waals surface area contributed by atoms with Gasteiger partial charge in [0.05, 0.1) is 23.9 Å². The van der Waals surface area contributed by atoms with Gasteiger partial charge in [-0.2, -0.15) is 13.9 Å². The van der Waals surface area contributed by atoms with E-state index in [2.05, 4.69) is 49.0 Å². The lowest BCUT2D eigenvalue weighted by Crippen LogP contribution is -2.36. The average molecular weight is 781 g/mol. The topological polar surface area (TPSA) is 136 Å². The maximum Gasteiger partial charge on any atom is 0.304 e. The zero-order valence-corrected chi connectivity index (χ0v) is 30.2. The van der Waals surface area contributed by atoms with E-state index in [0.29, 0.717) is 21.9 Å². The Morgan fingerprint density at radius 3 is 2.40 bits per heavy atom. The summed E-state index contributed by atoms with van der Waals surface area (Å²) < 4.78 is 116. The Bertz CT molecular complexity index is 2610. The van der Waals surface area contributed by atoms with Gasteiger partial charge < -0.3 is 5.32 Å². The molecule has 4 heterocycles. The summed E-state index contributed by atoms with van der Waals surface area (Å²) in [6, 6.07) is 7.86. The molecule has 1 amide bonds. The molecule has 0 aliphatic heterocycles. The van der Waals surface area contributed by atoms with Crippen LogP contribution in [-0.2, 0) is 33.7 Å². The molecule has 7 rings (SSSR count). The number of hydrogen-bond donors (Lipinski definition) is 2. The van der Waals surface area contributed by atoms with Gasteiger partial charge in [-0.1, -0.05) is 17.8 Å². The molecule has 2 aliphatic carbocycles. The zero-order chi connectivity index (χ0) is 39.6. The SMILES string of the molecule is CC(C)(C)C#Cc1ccc(-c2cccn3c(NS(C)(=O)=O)nnc23)c([C@H](Cc2cc(F)cc(F)c2)NC(=O)Cn2nc(C(F)F)c3c2C(F)(F)[C@@H]2C#C[C@H]32)n1. The molecule has 3 atom stereocenters. The Morgan fingerprint density at radius 1 is 1.04 bits per heavy atom.